The fourth-order valence-electron chi connectivity index (χ4n) is 4.52. The van der Waals surface area contributed by atoms with Crippen LogP contribution in [-0.4, -0.2) is 57.5 Å². The van der Waals surface area contributed by atoms with Crippen LogP contribution in [0.25, 0.3) is 11.0 Å². The van der Waals surface area contributed by atoms with Gasteiger partial charge in [-0.3, -0.25) is 4.79 Å². The lowest BCUT2D eigenvalue weighted by molar-refractivity contribution is -0.118. The number of anilines is 2. The number of ether oxygens (including phenoxy) is 1. The summed E-state index contributed by atoms with van der Waals surface area (Å²) in [5.41, 5.74) is 2.09. The molecule has 1 atom stereocenters. The first-order valence-corrected chi connectivity index (χ1v) is 12.3. The van der Waals surface area contributed by atoms with E-state index in [9.17, 15) is 19.5 Å². The SMILES string of the molecule is CC(C)C(=O)Nc1cn(C(=O)O)c2ncc(C3CC3)c(N3CCCC(NC(=O)OC(C)(C)C)C3)c12. The summed E-state index contributed by atoms with van der Waals surface area (Å²) >= 11 is 0. The van der Waals surface area contributed by atoms with Gasteiger partial charge in [-0.15, -0.1) is 0 Å². The average molecular weight is 486 g/mol. The Hall–Kier alpha value is -3.30. The van der Waals surface area contributed by atoms with E-state index in [0.717, 1.165) is 48.0 Å². The Kier molecular flexibility index (Phi) is 6.66. The second-order valence-corrected chi connectivity index (χ2v) is 10.8. The van der Waals surface area contributed by atoms with Crippen molar-refractivity contribution in [2.45, 2.75) is 77.9 Å². The van der Waals surface area contributed by atoms with Gasteiger partial charge in [0, 0.05) is 37.4 Å². The van der Waals surface area contributed by atoms with Gasteiger partial charge in [0.2, 0.25) is 5.91 Å². The Balaban J connectivity index is 1.75. The van der Waals surface area contributed by atoms with Crippen LogP contribution in [0.3, 0.4) is 0 Å². The van der Waals surface area contributed by atoms with Crippen LogP contribution in [0.2, 0.25) is 0 Å². The molecule has 3 heterocycles. The first-order valence-electron chi connectivity index (χ1n) is 12.3. The number of aromatic nitrogens is 2. The fourth-order valence-corrected chi connectivity index (χ4v) is 4.52. The van der Waals surface area contributed by atoms with Crippen molar-refractivity contribution in [1.29, 1.82) is 0 Å². The smallest absolute Gasteiger partial charge is 0.417 e. The van der Waals surface area contributed by atoms with E-state index in [2.05, 4.69) is 20.5 Å². The van der Waals surface area contributed by atoms with E-state index in [1.54, 1.807) is 20.0 Å². The minimum atomic E-state index is -1.17. The van der Waals surface area contributed by atoms with E-state index in [4.69, 9.17) is 4.74 Å². The van der Waals surface area contributed by atoms with Gasteiger partial charge in [-0.25, -0.2) is 19.1 Å². The normalized spacial score (nSPS) is 18.6. The quantitative estimate of drug-likeness (QED) is 0.568. The molecule has 0 bridgehead atoms. The lowest BCUT2D eigenvalue weighted by atomic mass is 10.0. The van der Waals surface area contributed by atoms with Gasteiger partial charge in [0.05, 0.1) is 16.8 Å². The number of nitrogens with one attached hydrogen (secondary N) is 2. The standard InChI is InChI=1S/C25H35N5O5/c1-14(2)22(31)28-18-13-30(24(33)34)21-19(18)20(17(11-26-21)15-8-9-15)29-10-6-7-16(12-29)27-23(32)35-25(3,4)5/h11,13-16H,6-10,12H2,1-5H3,(H,27,32)(H,28,31)(H,33,34). The lowest BCUT2D eigenvalue weighted by Crippen LogP contribution is -2.49. The first-order chi connectivity index (χ1) is 16.4. The van der Waals surface area contributed by atoms with Crippen LogP contribution in [0.5, 0.6) is 0 Å². The Morgan fingerprint density at radius 3 is 2.51 bits per heavy atom. The maximum atomic E-state index is 12.6. The highest BCUT2D eigenvalue weighted by Crippen LogP contribution is 2.48. The lowest BCUT2D eigenvalue weighted by Gasteiger charge is -2.36. The molecule has 2 aliphatic rings. The monoisotopic (exact) mass is 485 g/mol. The van der Waals surface area contributed by atoms with Gasteiger partial charge in [-0.1, -0.05) is 13.8 Å². The third-order valence-corrected chi connectivity index (χ3v) is 6.28. The van der Waals surface area contributed by atoms with Gasteiger partial charge < -0.3 is 25.4 Å². The van der Waals surface area contributed by atoms with Crippen molar-refractivity contribution in [2.24, 2.45) is 5.92 Å². The molecule has 0 aromatic carbocycles. The summed E-state index contributed by atoms with van der Waals surface area (Å²) < 4.78 is 6.51. The van der Waals surface area contributed by atoms with E-state index in [-0.39, 0.29) is 23.5 Å². The molecular formula is C25H35N5O5. The Labute approximate surface area is 205 Å². The van der Waals surface area contributed by atoms with Crippen LogP contribution in [0.15, 0.2) is 12.4 Å². The summed E-state index contributed by atoms with van der Waals surface area (Å²) in [5.74, 6) is -0.109. The van der Waals surface area contributed by atoms with Crippen molar-refractivity contribution in [3.05, 3.63) is 18.0 Å². The van der Waals surface area contributed by atoms with Gasteiger partial charge in [0.1, 0.15) is 5.60 Å². The molecule has 1 aliphatic carbocycles. The third kappa shape index (κ3) is 5.52. The number of rotatable bonds is 5. The number of fused-ring (bicyclic) bond motifs is 1. The summed E-state index contributed by atoms with van der Waals surface area (Å²) in [6.07, 6.45) is 5.34. The number of amides is 2. The minimum absolute atomic E-state index is 0.121. The van der Waals surface area contributed by atoms with Gasteiger partial charge in [-0.05, 0) is 57.9 Å². The predicted molar refractivity (Wildman–Crippen MR) is 133 cm³/mol. The summed E-state index contributed by atoms with van der Waals surface area (Å²) in [4.78, 5) is 43.7. The maximum Gasteiger partial charge on any atom is 0.417 e. The highest BCUT2D eigenvalue weighted by atomic mass is 16.6. The van der Waals surface area contributed by atoms with Crippen molar-refractivity contribution >= 4 is 40.5 Å². The second kappa shape index (κ2) is 9.39. The molecule has 3 N–H and O–H groups in total. The average Bonchev–Trinajstić information content (AvgIpc) is 3.53. The number of carboxylic acid groups (broad SMARTS) is 1. The highest BCUT2D eigenvalue weighted by Gasteiger charge is 2.34. The van der Waals surface area contributed by atoms with Gasteiger partial charge in [-0.2, -0.15) is 0 Å². The zero-order chi connectivity index (χ0) is 25.5. The molecule has 2 amide bonds. The largest absolute Gasteiger partial charge is 0.464 e. The molecular weight excluding hydrogens is 450 g/mol. The second-order valence-electron chi connectivity index (χ2n) is 10.8. The molecule has 10 nitrogen and oxygen atoms in total. The van der Waals surface area contributed by atoms with Crippen molar-refractivity contribution in [3.63, 3.8) is 0 Å². The Bertz CT molecular complexity index is 1150. The van der Waals surface area contributed by atoms with Crippen LogP contribution >= 0.6 is 0 Å². The van der Waals surface area contributed by atoms with Crippen LogP contribution in [0, 0.1) is 5.92 Å². The Morgan fingerprint density at radius 1 is 1.20 bits per heavy atom. The molecule has 35 heavy (non-hydrogen) atoms. The summed E-state index contributed by atoms with van der Waals surface area (Å²) in [7, 11) is 0. The van der Waals surface area contributed by atoms with Crippen LogP contribution in [0.4, 0.5) is 21.0 Å². The van der Waals surface area contributed by atoms with Gasteiger partial charge >= 0.3 is 12.2 Å². The van der Waals surface area contributed by atoms with E-state index in [1.807, 2.05) is 20.8 Å². The van der Waals surface area contributed by atoms with Crippen molar-refractivity contribution < 1.29 is 24.2 Å². The number of carbonyl (C=O) groups excluding carboxylic acids is 2. The van der Waals surface area contributed by atoms with E-state index in [1.165, 1.54) is 6.20 Å². The topological polar surface area (TPSA) is 126 Å². The predicted octanol–water partition coefficient (Wildman–Crippen LogP) is 4.53. The summed E-state index contributed by atoms with van der Waals surface area (Å²) in [6, 6.07) is -0.121. The molecule has 10 heteroatoms. The van der Waals surface area contributed by atoms with E-state index in [0.29, 0.717) is 23.5 Å². The molecule has 1 unspecified atom stereocenters. The third-order valence-electron chi connectivity index (χ3n) is 6.28. The summed E-state index contributed by atoms with van der Waals surface area (Å²) in [5, 5.41) is 16.3. The maximum absolute atomic E-state index is 12.6. The van der Waals surface area contributed by atoms with Gasteiger partial charge in [0.25, 0.3) is 0 Å². The van der Waals surface area contributed by atoms with E-state index < -0.39 is 17.8 Å². The molecule has 0 radical (unpaired) electrons. The van der Waals surface area contributed by atoms with Crippen LogP contribution < -0.4 is 15.5 Å². The Morgan fingerprint density at radius 2 is 1.91 bits per heavy atom. The van der Waals surface area contributed by atoms with Gasteiger partial charge in [0.15, 0.2) is 5.65 Å². The van der Waals surface area contributed by atoms with Crippen molar-refractivity contribution in [1.82, 2.24) is 14.9 Å². The number of piperidine rings is 1. The van der Waals surface area contributed by atoms with E-state index >= 15 is 0 Å². The zero-order valence-corrected chi connectivity index (χ0v) is 21.1. The molecule has 0 spiro atoms. The molecule has 2 aromatic heterocycles. The molecule has 2 aromatic rings. The van der Waals surface area contributed by atoms with Crippen molar-refractivity contribution in [3.8, 4) is 0 Å². The number of pyridine rings is 1. The number of alkyl carbamates (subject to hydrolysis) is 1. The van der Waals surface area contributed by atoms with Crippen LogP contribution in [-0.2, 0) is 9.53 Å². The fraction of sp³-hybridized carbons (Fsp3) is 0.600. The highest BCUT2D eigenvalue weighted by molar-refractivity contribution is 6.09. The number of nitrogens with zero attached hydrogens (tertiary/aromatic N) is 3. The molecule has 1 saturated heterocycles. The molecule has 4 rings (SSSR count). The number of hydrogen-bond acceptors (Lipinski definition) is 6. The number of carbonyl (C=O) groups is 3. The van der Waals surface area contributed by atoms with Crippen LogP contribution in [0.1, 0.15) is 71.8 Å². The molecule has 1 aliphatic heterocycles. The molecule has 2 fully saturated rings. The minimum Gasteiger partial charge on any atom is -0.464 e. The molecule has 1 saturated carbocycles. The zero-order valence-electron chi connectivity index (χ0n) is 21.1. The summed E-state index contributed by atoms with van der Waals surface area (Å²) in [6.45, 7) is 10.4. The number of hydrogen-bond donors (Lipinski definition) is 3. The first kappa shape index (κ1) is 24.8. The van der Waals surface area contributed by atoms with Crippen molar-refractivity contribution in [2.75, 3.05) is 23.3 Å². The molecule has 190 valence electrons.